The smallest absolute Gasteiger partial charge is 0.178 e. The molecule has 0 aliphatic carbocycles. The van der Waals surface area contributed by atoms with Crippen LogP contribution in [0.5, 0.6) is 0 Å². The van der Waals surface area contributed by atoms with Crippen molar-refractivity contribution in [3.63, 3.8) is 0 Å². The van der Waals surface area contributed by atoms with Gasteiger partial charge in [0.15, 0.2) is 23.3 Å². The molecule has 0 spiro atoms. The van der Waals surface area contributed by atoms with Crippen LogP contribution in [-0.2, 0) is 25.7 Å². The largest absolute Gasteiger partial charge is 0.305 e. The van der Waals surface area contributed by atoms with Gasteiger partial charge < -0.3 is 19.6 Å². The first kappa shape index (κ1) is 49.8. The Kier molecular flexibility index (Phi) is 13.5. The summed E-state index contributed by atoms with van der Waals surface area (Å²) in [6.07, 6.45) is 12.6. The molecule has 0 fully saturated rings. The van der Waals surface area contributed by atoms with Crippen LogP contribution in [0.2, 0.25) is 0 Å². The summed E-state index contributed by atoms with van der Waals surface area (Å²) in [6.45, 7) is 1.28. The minimum Gasteiger partial charge on any atom is -0.305 e. The Morgan fingerprint density at radius 3 is 1.09 bits per heavy atom. The number of benzene rings is 9. The molecule has 0 bridgehead atoms. The van der Waals surface area contributed by atoms with Gasteiger partial charge >= 0.3 is 0 Å². The predicted molar refractivity (Wildman–Crippen MR) is 334 cm³/mol. The van der Waals surface area contributed by atoms with Crippen molar-refractivity contribution in [1.82, 2.24) is 24.9 Å². The summed E-state index contributed by atoms with van der Waals surface area (Å²) in [7, 11) is 0. The average Bonchev–Trinajstić information content (AvgIpc) is 4.37. The van der Waals surface area contributed by atoms with Gasteiger partial charge in [-0.25, -0.2) is 19.9 Å². The Bertz CT molecular complexity index is 4000. The molecule has 9 aromatic carbocycles. The molecule has 0 amide bonds. The highest BCUT2D eigenvalue weighted by molar-refractivity contribution is 5.86. The van der Waals surface area contributed by atoms with Gasteiger partial charge in [0, 0.05) is 59.3 Å². The van der Waals surface area contributed by atoms with Gasteiger partial charge in [-0.2, -0.15) is 0 Å². The highest BCUT2D eigenvalue weighted by Crippen LogP contribution is 2.43. The molecular formula is C73H57N9. The third kappa shape index (κ3) is 10.2. The summed E-state index contributed by atoms with van der Waals surface area (Å²) in [5.41, 5.74) is 21.1. The van der Waals surface area contributed by atoms with E-state index in [0.29, 0.717) is 13.3 Å². The molecule has 0 saturated heterocycles. The number of hydrogen-bond donors (Lipinski definition) is 0. The van der Waals surface area contributed by atoms with E-state index < -0.39 is 0 Å². The van der Waals surface area contributed by atoms with E-state index in [1.807, 2.05) is 18.3 Å². The van der Waals surface area contributed by atoms with Crippen molar-refractivity contribution in [1.29, 1.82) is 0 Å². The minimum atomic E-state index is 0.639. The minimum absolute atomic E-state index is 0.639. The van der Waals surface area contributed by atoms with Crippen LogP contribution in [0.3, 0.4) is 0 Å². The van der Waals surface area contributed by atoms with Crippen LogP contribution >= 0.6 is 0 Å². The maximum absolute atomic E-state index is 4.84. The van der Waals surface area contributed by atoms with E-state index in [-0.39, 0.29) is 0 Å². The lowest BCUT2D eigenvalue weighted by atomic mass is 9.90. The van der Waals surface area contributed by atoms with E-state index >= 15 is 0 Å². The molecule has 2 aliphatic rings. The monoisotopic (exact) mass is 1060 g/mol. The average molecular weight is 1060 g/mol. The topological polar surface area (TPSA) is 77.4 Å². The standard InChI is InChI=1S/C73H57N9/c1-4-12-56(13-5-1)57-28-30-58(31-29-57)61-40-41-74-69(49-61)60-34-32-59(33-35-60)67-18-10-11-19-68(67)62-47-54(22-20-52-24-36-65(37-25-52)81-50-79(63-14-6-2-7-15-63)70-72(81)77-44-42-75-70)46-55(48-62)23-21-53-26-38-66(39-27-53)82-51-80(64-16-8-3-9-17-64)71-73(82)78-45-43-76-71/h1-19,24-49H,20-23,50-51H2. The number of rotatable bonds is 15. The number of fused-ring (bicyclic) bond motifs is 2. The summed E-state index contributed by atoms with van der Waals surface area (Å²) in [6, 6.07) is 87.4. The van der Waals surface area contributed by atoms with Gasteiger partial charge in [0.2, 0.25) is 0 Å². The van der Waals surface area contributed by atoms with E-state index in [1.165, 1.54) is 50.1 Å². The van der Waals surface area contributed by atoms with Gasteiger partial charge in [0.05, 0.1) is 5.69 Å². The fraction of sp³-hybridized carbons (Fsp3) is 0.0822. The van der Waals surface area contributed by atoms with Crippen LogP contribution in [0, 0.1) is 0 Å². The molecule has 2 aliphatic heterocycles. The van der Waals surface area contributed by atoms with E-state index in [0.717, 1.165) is 99.7 Å². The lowest BCUT2D eigenvalue weighted by Gasteiger charge is -2.21. The van der Waals surface area contributed by atoms with Crippen molar-refractivity contribution in [2.75, 3.05) is 32.9 Å². The summed E-state index contributed by atoms with van der Waals surface area (Å²) < 4.78 is 0. The van der Waals surface area contributed by atoms with E-state index in [2.05, 4.69) is 250 Å². The molecule has 82 heavy (non-hydrogen) atoms. The number of hydrogen-bond acceptors (Lipinski definition) is 9. The molecule has 3 aromatic heterocycles. The van der Waals surface area contributed by atoms with Gasteiger partial charge in [0.25, 0.3) is 0 Å². The van der Waals surface area contributed by atoms with E-state index in [9.17, 15) is 0 Å². The Balaban J connectivity index is 0.726. The van der Waals surface area contributed by atoms with E-state index in [4.69, 9.17) is 24.9 Å². The maximum atomic E-state index is 4.84. The fourth-order valence-electron chi connectivity index (χ4n) is 11.5. The van der Waals surface area contributed by atoms with Crippen LogP contribution in [0.4, 0.5) is 46.0 Å². The highest BCUT2D eigenvalue weighted by Gasteiger charge is 2.32. The van der Waals surface area contributed by atoms with Crippen molar-refractivity contribution in [2.45, 2.75) is 25.7 Å². The molecule has 9 nitrogen and oxygen atoms in total. The molecular weight excluding hydrogens is 1000 g/mol. The summed E-state index contributed by atoms with van der Waals surface area (Å²) >= 11 is 0. The zero-order valence-corrected chi connectivity index (χ0v) is 45.2. The Morgan fingerprint density at radius 1 is 0.244 bits per heavy atom. The van der Waals surface area contributed by atoms with Crippen molar-refractivity contribution in [3.05, 3.63) is 296 Å². The van der Waals surface area contributed by atoms with Gasteiger partial charge in [0.1, 0.15) is 13.3 Å². The first-order chi connectivity index (χ1) is 40.6. The third-order valence-electron chi connectivity index (χ3n) is 15.8. The summed E-state index contributed by atoms with van der Waals surface area (Å²) in [4.78, 5) is 32.8. The van der Waals surface area contributed by atoms with Gasteiger partial charge in [-0.05, 0) is 153 Å². The number of nitrogens with zero attached hydrogens (tertiary/aromatic N) is 9. The number of pyridine rings is 1. The predicted octanol–water partition coefficient (Wildman–Crippen LogP) is 17.1. The summed E-state index contributed by atoms with van der Waals surface area (Å²) in [5, 5.41) is 0. The third-order valence-corrected chi connectivity index (χ3v) is 15.8. The van der Waals surface area contributed by atoms with Crippen molar-refractivity contribution in [2.24, 2.45) is 0 Å². The first-order valence-electron chi connectivity index (χ1n) is 28.1. The normalized spacial score (nSPS) is 12.6. The molecule has 0 N–H and O–H groups in total. The molecule has 5 heterocycles. The van der Waals surface area contributed by atoms with Crippen LogP contribution < -0.4 is 19.6 Å². The zero-order chi connectivity index (χ0) is 54.6. The molecule has 0 unspecified atom stereocenters. The molecule has 394 valence electrons. The van der Waals surface area contributed by atoms with E-state index in [1.54, 1.807) is 24.8 Å². The molecule has 12 aromatic rings. The lowest BCUT2D eigenvalue weighted by Crippen LogP contribution is -2.24. The number of anilines is 8. The van der Waals surface area contributed by atoms with Crippen molar-refractivity contribution < 1.29 is 0 Å². The van der Waals surface area contributed by atoms with Gasteiger partial charge in [-0.1, -0.05) is 182 Å². The maximum Gasteiger partial charge on any atom is 0.178 e. The number of para-hydroxylation sites is 2. The fourth-order valence-corrected chi connectivity index (χ4v) is 11.5. The van der Waals surface area contributed by atoms with Crippen LogP contribution in [0.15, 0.2) is 274 Å². The summed E-state index contributed by atoms with van der Waals surface area (Å²) in [5.74, 6) is 3.45. The first-order valence-corrected chi connectivity index (χ1v) is 28.1. The number of aryl methyl sites for hydroxylation is 4. The molecule has 0 atom stereocenters. The SMILES string of the molecule is c1ccc(-c2ccc(-c3ccnc(-c4ccc(-c5ccccc5-c5cc(CCc6ccc(N7CN(c8ccccc8)c8nccnc87)cc6)cc(CCc6ccc(N7CN(c8ccccc8)c8nccnc87)cc6)c5)cc4)c3)cc2)cc1. The van der Waals surface area contributed by atoms with Crippen LogP contribution in [0.1, 0.15) is 22.3 Å². The second-order valence-electron chi connectivity index (χ2n) is 20.9. The van der Waals surface area contributed by atoms with Crippen LogP contribution in [0.25, 0.3) is 55.8 Å². The van der Waals surface area contributed by atoms with Crippen molar-refractivity contribution >= 4 is 46.0 Å². The molecule has 0 radical (unpaired) electrons. The van der Waals surface area contributed by atoms with Crippen LogP contribution in [-0.4, -0.2) is 38.3 Å². The van der Waals surface area contributed by atoms with Crippen molar-refractivity contribution in [3.8, 4) is 55.8 Å². The molecule has 0 saturated carbocycles. The Morgan fingerprint density at radius 2 is 0.610 bits per heavy atom. The van der Waals surface area contributed by atoms with Gasteiger partial charge in [-0.3, -0.25) is 4.98 Å². The molecule has 9 heteroatoms. The quantitative estimate of drug-likeness (QED) is 0.0997. The second kappa shape index (κ2) is 22.3. The Labute approximate surface area is 478 Å². The van der Waals surface area contributed by atoms with Gasteiger partial charge in [-0.15, -0.1) is 0 Å². The Hall–Kier alpha value is -10.5. The lowest BCUT2D eigenvalue weighted by molar-refractivity contribution is 0.928. The molecule has 14 rings (SSSR count). The number of aromatic nitrogens is 5. The zero-order valence-electron chi connectivity index (χ0n) is 45.2. The highest BCUT2D eigenvalue weighted by atomic mass is 15.4. The second-order valence-corrected chi connectivity index (χ2v) is 20.9.